The maximum Gasteiger partial charge on any atom is 0.426 e. The van der Waals surface area contributed by atoms with E-state index in [0.29, 0.717) is 6.54 Å². The van der Waals surface area contributed by atoms with E-state index in [-0.39, 0.29) is 0 Å². The number of nitrogens with zero attached hydrogens (tertiary/aromatic N) is 1. The van der Waals surface area contributed by atoms with Gasteiger partial charge in [0.15, 0.2) is 0 Å². The lowest BCUT2D eigenvalue weighted by molar-refractivity contribution is 0.128. The number of carbonyl (C=O) groups is 1. The molecule has 0 radical (unpaired) electrons. The van der Waals surface area contributed by atoms with Gasteiger partial charge in [-0.2, -0.15) is 0 Å². The second-order valence-electron chi connectivity index (χ2n) is 1.75. The lowest BCUT2D eigenvalue weighted by Gasteiger charge is -2.20. The van der Waals surface area contributed by atoms with Crippen LogP contribution in [0.1, 0.15) is 6.42 Å². The molecule has 1 aliphatic heterocycles. The molecule has 1 heterocycles. The Hall–Kier alpha value is -1.19. The molecule has 0 bridgehead atoms. The first-order valence-corrected chi connectivity index (χ1v) is 2.72. The Balaban J connectivity index is 2.44. The molecule has 0 saturated heterocycles. The van der Waals surface area contributed by atoms with Gasteiger partial charge in [-0.25, -0.2) is 9.80 Å². The van der Waals surface area contributed by atoms with Crippen molar-refractivity contribution in [3.8, 4) is 0 Å². The highest BCUT2D eigenvalue weighted by Crippen LogP contribution is 1.94. The first-order valence-electron chi connectivity index (χ1n) is 2.72. The molecular formula is C5H8N2O2. The summed E-state index contributed by atoms with van der Waals surface area (Å²) in [5.41, 5.74) is 2.57. The zero-order chi connectivity index (χ0) is 6.69. The van der Waals surface area contributed by atoms with E-state index in [2.05, 4.69) is 5.43 Å². The molecule has 1 aliphatic rings. The quantitative estimate of drug-likeness (QED) is 0.496. The third kappa shape index (κ3) is 1.35. The Morgan fingerprint density at radius 3 is 2.89 bits per heavy atom. The molecule has 0 aromatic carbocycles. The summed E-state index contributed by atoms with van der Waals surface area (Å²) >= 11 is 0. The minimum absolute atomic E-state index is 0.534. The molecule has 0 unspecified atom stereocenters. The molecule has 0 spiro atoms. The number of hydrogen-bond acceptors (Lipinski definition) is 2. The van der Waals surface area contributed by atoms with E-state index in [1.165, 1.54) is 0 Å². The van der Waals surface area contributed by atoms with Crippen LogP contribution < -0.4 is 5.43 Å². The smallest absolute Gasteiger partial charge is 0.426 e. The molecule has 4 nitrogen and oxygen atoms in total. The molecular weight excluding hydrogens is 120 g/mol. The van der Waals surface area contributed by atoms with Gasteiger partial charge in [-0.3, -0.25) is 0 Å². The van der Waals surface area contributed by atoms with Crippen molar-refractivity contribution in [3.05, 3.63) is 12.3 Å². The van der Waals surface area contributed by atoms with E-state index in [0.717, 1.165) is 11.4 Å². The van der Waals surface area contributed by atoms with Crippen LogP contribution in [0.2, 0.25) is 0 Å². The molecule has 1 amide bonds. The number of rotatable bonds is 0. The highest BCUT2D eigenvalue weighted by molar-refractivity contribution is 5.64. The maximum atomic E-state index is 10.2. The van der Waals surface area contributed by atoms with Crippen molar-refractivity contribution in [1.29, 1.82) is 0 Å². The van der Waals surface area contributed by atoms with E-state index in [1.54, 1.807) is 6.20 Å². The van der Waals surface area contributed by atoms with E-state index < -0.39 is 6.09 Å². The third-order valence-corrected chi connectivity index (χ3v) is 1.10. The standard InChI is InChI=1S/C5H8N2O2/c8-5(9)7-4-2-1-3-6-7/h1,3,6H,2,4H2,(H,8,9). The van der Waals surface area contributed by atoms with Gasteiger partial charge in [-0.05, 0) is 6.42 Å². The zero-order valence-corrected chi connectivity index (χ0v) is 4.87. The summed E-state index contributed by atoms with van der Waals surface area (Å²) in [6.45, 7) is 0.534. The fraction of sp³-hybridized carbons (Fsp3) is 0.400. The molecule has 0 atom stereocenters. The summed E-state index contributed by atoms with van der Waals surface area (Å²) < 4.78 is 0. The molecule has 0 aliphatic carbocycles. The lowest BCUT2D eigenvalue weighted by Crippen LogP contribution is -2.41. The van der Waals surface area contributed by atoms with Gasteiger partial charge in [-0.15, -0.1) is 0 Å². The molecule has 1 rings (SSSR count). The van der Waals surface area contributed by atoms with Gasteiger partial charge in [0, 0.05) is 12.7 Å². The number of hydrogen-bond donors (Lipinski definition) is 2. The van der Waals surface area contributed by atoms with E-state index in [9.17, 15) is 4.79 Å². The summed E-state index contributed by atoms with van der Waals surface area (Å²) in [5.74, 6) is 0. The highest BCUT2D eigenvalue weighted by Gasteiger charge is 2.09. The Morgan fingerprint density at radius 2 is 2.56 bits per heavy atom. The van der Waals surface area contributed by atoms with Crippen LogP contribution in [-0.4, -0.2) is 22.8 Å². The van der Waals surface area contributed by atoms with Crippen molar-refractivity contribution in [1.82, 2.24) is 10.4 Å². The van der Waals surface area contributed by atoms with Gasteiger partial charge >= 0.3 is 6.09 Å². The van der Waals surface area contributed by atoms with Crippen LogP contribution in [-0.2, 0) is 0 Å². The molecule has 2 N–H and O–H groups in total. The van der Waals surface area contributed by atoms with Crippen LogP contribution in [0.3, 0.4) is 0 Å². The average Bonchev–Trinajstić information content (AvgIpc) is 1.90. The summed E-state index contributed by atoms with van der Waals surface area (Å²) in [5, 5.41) is 9.51. The summed E-state index contributed by atoms with van der Waals surface area (Å²) in [7, 11) is 0. The van der Waals surface area contributed by atoms with Gasteiger partial charge in [0.05, 0.1) is 0 Å². The van der Waals surface area contributed by atoms with Crippen LogP contribution in [0.5, 0.6) is 0 Å². The van der Waals surface area contributed by atoms with Gasteiger partial charge in [0.25, 0.3) is 0 Å². The highest BCUT2D eigenvalue weighted by atomic mass is 16.4. The van der Waals surface area contributed by atoms with Gasteiger partial charge < -0.3 is 10.5 Å². The molecule has 50 valence electrons. The lowest BCUT2D eigenvalue weighted by atomic mass is 10.4. The Labute approximate surface area is 52.7 Å². The fourth-order valence-electron chi connectivity index (χ4n) is 0.645. The van der Waals surface area contributed by atoms with Crippen molar-refractivity contribution in [2.24, 2.45) is 0 Å². The van der Waals surface area contributed by atoms with Crippen LogP contribution in [0.25, 0.3) is 0 Å². The van der Waals surface area contributed by atoms with E-state index >= 15 is 0 Å². The SMILES string of the molecule is O=C(O)N1CCC=CN1. The monoisotopic (exact) mass is 128 g/mol. The van der Waals surface area contributed by atoms with Crippen molar-refractivity contribution in [2.75, 3.05) is 6.54 Å². The second-order valence-corrected chi connectivity index (χ2v) is 1.75. The van der Waals surface area contributed by atoms with Gasteiger partial charge in [0.1, 0.15) is 0 Å². The van der Waals surface area contributed by atoms with Gasteiger partial charge in [-0.1, -0.05) is 6.08 Å². The van der Waals surface area contributed by atoms with Gasteiger partial charge in [0.2, 0.25) is 0 Å². The number of nitrogens with one attached hydrogen (secondary N) is 1. The largest absolute Gasteiger partial charge is 0.464 e. The topological polar surface area (TPSA) is 52.6 Å². The normalized spacial score (nSPS) is 17.1. The average molecular weight is 128 g/mol. The number of amides is 1. The minimum Gasteiger partial charge on any atom is -0.464 e. The number of carboxylic acid groups (broad SMARTS) is 1. The Bertz CT molecular complexity index is 144. The zero-order valence-electron chi connectivity index (χ0n) is 4.87. The second kappa shape index (κ2) is 2.39. The minimum atomic E-state index is -0.931. The maximum absolute atomic E-state index is 10.2. The number of hydrazine groups is 1. The van der Waals surface area contributed by atoms with Crippen molar-refractivity contribution in [2.45, 2.75) is 6.42 Å². The molecule has 0 aromatic rings. The molecule has 0 saturated carbocycles. The predicted molar refractivity (Wildman–Crippen MR) is 31.6 cm³/mol. The molecule has 4 heteroatoms. The Kier molecular flexibility index (Phi) is 1.58. The summed E-state index contributed by atoms with van der Waals surface area (Å²) in [6, 6.07) is 0. The van der Waals surface area contributed by atoms with Crippen molar-refractivity contribution in [3.63, 3.8) is 0 Å². The van der Waals surface area contributed by atoms with E-state index in [4.69, 9.17) is 5.11 Å². The fourth-order valence-corrected chi connectivity index (χ4v) is 0.645. The summed E-state index contributed by atoms with van der Waals surface area (Å²) in [4.78, 5) is 10.2. The van der Waals surface area contributed by atoms with E-state index in [1.807, 2.05) is 6.08 Å². The van der Waals surface area contributed by atoms with Crippen LogP contribution >= 0.6 is 0 Å². The van der Waals surface area contributed by atoms with Crippen LogP contribution in [0.15, 0.2) is 12.3 Å². The van der Waals surface area contributed by atoms with Crippen LogP contribution in [0, 0.1) is 0 Å². The van der Waals surface area contributed by atoms with Crippen molar-refractivity contribution < 1.29 is 9.90 Å². The Morgan fingerprint density at radius 1 is 1.78 bits per heavy atom. The first-order chi connectivity index (χ1) is 4.30. The molecule has 9 heavy (non-hydrogen) atoms. The molecule has 0 aromatic heterocycles. The van der Waals surface area contributed by atoms with Crippen LogP contribution in [0.4, 0.5) is 4.79 Å². The third-order valence-electron chi connectivity index (χ3n) is 1.10. The first kappa shape index (κ1) is 5.94. The summed E-state index contributed by atoms with van der Waals surface area (Å²) in [6.07, 6.45) is 3.37. The molecule has 0 fully saturated rings. The van der Waals surface area contributed by atoms with Crippen molar-refractivity contribution >= 4 is 6.09 Å². The predicted octanol–water partition coefficient (Wildman–Crippen LogP) is 0.388.